The quantitative estimate of drug-likeness (QED) is 0.0210. The van der Waals surface area contributed by atoms with Crippen LogP contribution in [0.3, 0.4) is 0 Å². The van der Waals surface area contributed by atoms with E-state index in [1.807, 2.05) is 13.8 Å². The number of hydrogen-bond donors (Lipinski definition) is 0. The van der Waals surface area contributed by atoms with Crippen LogP contribution >= 0.6 is 0 Å². The summed E-state index contributed by atoms with van der Waals surface area (Å²) in [7, 11) is -10.1. The van der Waals surface area contributed by atoms with Crippen molar-refractivity contribution in [3.05, 3.63) is 40.9 Å². The van der Waals surface area contributed by atoms with Crippen molar-refractivity contribution in [2.45, 2.75) is 321 Å². The summed E-state index contributed by atoms with van der Waals surface area (Å²) in [5.74, 6) is 0.980. The minimum Gasteiger partial charge on any atom is -0.493 e. The third-order valence-corrected chi connectivity index (χ3v) is 19.4. The Morgan fingerprint density at radius 2 is 0.532 bits per heavy atom. The Bertz CT molecular complexity index is 1930. The molecular formula is C65H114N2O8S2. The van der Waals surface area contributed by atoms with E-state index in [0.717, 1.165) is 77.0 Å². The van der Waals surface area contributed by atoms with Gasteiger partial charge in [0.25, 0.3) is 19.7 Å². The standard InChI is InChI=1S/C65H114N2O8S2/c1-7-13-17-21-25-29-33-37-41-45-49-72-59-55-61(74-51-47-43-39-35-31-27-23-19-15-9-3)63(53-57(59)11-5)76(68,69)65(67-66)77(70,71)64-54-58(12-6)60(73-50-46-42-38-34-30-26-22-18-14-8-2)56-62(64)75-52-48-44-40-36-32-28-24-20-16-10-4/h53-56H,7-52H2,1-6H3. The molecule has 0 saturated carbocycles. The number of rotatable bonds is 52. The summed E-state index contributed by atoms with van der Waals surface area (Å²) in [6.45, 7) is 14.2. The molecule has 0 fully saturated rings. The SMILES string of the molecule is CCCCCCCCCCCCOc1cc(OCCCCCCCCCCCC)c(S(=O)(=O)C(=[N+]=[N-])S(=O)(=O)c2cc(CC)c(OCCCCCCCCCCCC)cc2OCCCCCCCCCCCC)cc1CC. The van der Waals surface area contributed by atoms with E-state index in [4.69, 9.17) is 18.9 Å². The topological polar surface area (TPSA) is 142 Å². The third-order valence-electron chi connectivity index (χ3n) is 15.2. The molecule has 0 aromatic heterocycles. The van der Waals surface area contributed by atoms with E-state index in [1.165, 1.54) is 179 Å². The van der Waals surface area contributed by atoms with E-state index in [1.54, 1.807) is 12.1 Å². The Hall–Kier alpha value is -3.08. The lowest BCUT2D eigenvalue weighted by Gasteiger charge is -2.18. The van der Waals surface area contributed by atoms with E-state index >= 15 is 16.8 Å². The molecular weight excluding hydrogens is 1000 g/mol. The van der Waals surface area contributed by atoms with E-state index in [0.29, 0.717) is 61.5 Å². The summed E-state index contributed by atoms with van der Waals surface area (Å²) in [6, 6.07) is 6.08. The monoisotopic (exact) mass is 1110 g/mol. The highest BCUT2D eigenvalue weighted by molar-refractivity contribution is 8.31. The van der Waals surface area contributed by atoms with E-state index in [2.05, 4.69) is 32.5 Å². The molecule has 12 heteroatoms. The van der Waals surface area contributed by atoms with Gasteiger partial charge in [-0.1, -0.05) is 273 Å². The van der Waals surface area contributed by atoms with Crippen LogP contribution in [-0.4, -0.2) is 52.4 Å². The van der Waals surface area contributed by atoms with Crippen LogP contribution in [0.1, 0.15) is 310 Å². The molecule has 0 atom stereocenters. The molecule has 2 aromatic rings. The number of sulfone groups is 2. The molecule has 0 aliphatic heterocycles. The lowest BCUT2D eigenvalue weighted by molar-refractivity contribution is 0.00376. The molecule has 0 aliphatic carbocycles. The summed E-state index contributed by atoms with van der Waals surface area (Å²) < 4.78 is 84.0. The van der Waals surface area contributed by atoms with Gasteiger partial charge in [0.1, 0.15) is 32.8 Å². The molecule has 77 heavy (non-hydrogen) atoms. The van der Waals surface area contributed by atoms with Gasteiger partial charge in [0.05, 0.1) is 26.4 Å². The predicted molar refractivity (Wildman–Crippen MR) is 324 cm³/mol. The fourth-order valence-corrected chi connectivity index (χ4v) is 13.8. The molecule has 0 amide bonds. The van der Waals surface area contributed by atoms with Crippen LogP contribution in [0.25, 0.3) is 5.53 Å². The van der Waals surface area contributed by atoms with E-state index in [-0.39, 0.29) is 34.5 Å². The van der Waals surface area contributed by atoms with Gasteiger partial charge in [0.2, 0.25) is 0 Å². The average molecular weight is 1120 g/mol. The van der Waals surface area contributed by atoms with Crippen LogP contribution in [0.15, 0.2) is 34.1 Å². The van der Waals surface area contributed by atoms with Crippen molar-refractivity contribution in [2.75, 3.05) is 26.4 Å². The van der Waals surface area contributed by atoms with Crippen LogP contribution in [0.5, 0.6) is 23.0 Å². The first-order valence-corrected chi connectivity index (χ1v) is 35.1. The van der Waals surface area contributed by atoms with Crippen molar-refractivity contribution >= 4 is 24.1 Å². The fraction of sp³-hybridized carbons (Fsp3) is 0.800. The second-order valence-corrected chi connectivity index (χ2v) is 25.9. The molecule has 0 heterocycles. The number of benzene rings is 2. The average Bonchev–Trinajstić information content (AvgIpc) is 3.42. The molecule has 0 spiro atoms. The first-order chi connectivity index (χ1) is 37.6. The van der Waals surface area contributed by atoms with Crippen molar-refractivity contribution in [3.8, 4) is 23.0 Å². The van der Waals surface area contributed by atoms with Gasteiger partial charge < -0.3 is 24.5 Å². The molecule has 0 saturated heterocycles. The van der Waals surface area contributed by atoms with Crippen LogP contribution in [-0.2, 0) is 32.5 Å². The summed E-state index contributed by atoms with van der Waals surface area (Å²) in [5.41, 5.74) is 11.8. The number of nitrogens with zero attached hydrogens (tertiary/aromatic N) is 2. The van der Waals surface area contributed by atoms with Gasteiger partial charge in [0, 0.05) is 12.1 Å². The molecule has 0 N–H and O–H groups in total. The zero-order chi connectivity index (χ0) is 56.1. The molecule has 2 aromatic carbocycles. The van der Waals surface area contributed by atoms with Crippen molar-refractivity contribution in [1.82, 2.24) is 0 Å². The number of ether oxygens (including phenoxy) is 4. The molecule has 10 nitrogen and oxygen atoms in total. The van der Waals surface area contributed by atoms with Gasteiger partial charge in [-0.15, -0.1) is 4.79 Å². The Kier molecular flexibility index (Phi) is 41.5. The molecule has 0 unspecified atom stereocenters. The van der Waals surface area contributed by atoms with Gasteiger partial charge in [-0.2, -0.15) is 0 Å². The first-order valence-electron chi connectivity index (χ1n) is 32.1. The van der Waals surface area contributed by atoms with Crippen LogP contribution in [0, 0.1) is 0 Å². The van der Waals surface area contributed by atoms with Crippen LogP contribution in [0.4, 0.5) is 0 Å². The van der Waals surface area contributed by atoms with Gasteiger partial charge in [-0.05, 0) is 61.8 Å². The zero-order valence-electron chi connectivity index (χ0n) is 50.3. The predicted octanol–water partition coefficient (Wildman–Crippen LogP) is 19.8. The molecule has 444 valence electrons. The van der Waals surface area contributed by atoms with Gasteiger partial charge in [-0.3, -0.25) is 0 Å². The number of unbranched alkanes of at least 4 members (excludes halogenated alkanes) is 36. The summed E-state index contributed by atoms with van der Waals surface area (Å²) in [5, 5.41) is 0. The molecule has 0 aliphatic rings. The van der Waals surface area contributed by atoms with Crippen molar-refractivity contribution in [2.24, 2.45) is 0 Å². The zero-order valence-corrected chi connectivity index (χ0v) is 51.9. The van der Waals surface area contributed by atoms with Gasteiger partial charge >= 0.3 is 4.38 Å². The fourth-order valence-electron chi connectivity index (χ4n) is 10.2. The summed E-state index contributed by atoms with van der Waals surface area (Å²) in [4.78, 5) is 2.39. The lowest BCUT2D eigenvalue weighted by Crippen LogP contribution is -2.27. The maximum atomic E-state index is 15.0. The highest BCUT2D eigenvalue weighted by Crippen LogP contribution is 2.39. The molecule has 2 rings (SSSR count). The van der Waals surface area contributed by atoms with Crippen LogP contribution < -0.4 is 18.9 Å². The highest BCUT2D eigenvalue weighted by Gasteiger charge is 2.47. The Morgan fingerprint density at radius 1 is 0.325 bits per heavy atom. The smallest absolute Gasteiger partial charge is 0.493 e. The largest absolute Gasteiger partial charge is 0.504 e. The van der Waals surface area contributed by atoms with E-state index < -0.39 is 24.1 Å². The minimum atomic E-state index is -5.03. The van der Waals surface area contributed by atoms with E-state index in [9.17, 15) is 5.53 Å². The van der Waals surface area contributed by atoms with Crippen molar-refractivity contribution in [1.29, 1.82) is 0 Å². The molecule has 0 bridgehead atoms. The van der Waals surface area contributed by atoms with Gasteiger partial charge in [0.15, 0.2) is 0 Å². The summed E-state index contributed by atoms with van der Waals surface area (Å²) >= 11 is 0. The lowest BCUT2D eigenvalue weighted by atomic mass is 10.1. The maximum Gasteiger partial charge on any atom is 0.504 e. The minimum absolute atomic E-state index is 0.0186. The second kappa shape index (κ2) is 45.6. The van der Waals surface area contributed by atoms with Crippen molar-refractivity contribution < 1.29 is 40.6 Å². The Balaban J connectivity index is 2.42. The second-order valence-electron chi connectivity index (χ2n) is 22.0. The number of aryl methyl sites for hydroxylation is 2. The normalized spacial score (nSPS) is 11.8. The number of hydrogen-bond acceptors (Lipinski definition) is 8. The maximum absolute atomic E-state index is 15.0. The highest BCUT2D eigenvalue weighted by atomic mass is 32.3. The first kappa shape index (κ1) is 70.0. The van der Waals surface area contributed by atoms with Gasteiger partial charge in [-0.25, -0.2) is 16.8 Å². The summed E-state index contributed by atoms with van der Waals surface area (Å²) in [6.07, 6.45) is 47.4. The molecule has 0 radical (unpaired) electrons. The third kappa shape index (κ3) is 29.8. The Labute approximate surface area is 473 Å². The van der Waals surface area contributed by atoms with Crippen molar-refractivity contribution in [3.63, 3.8) is 0 Å². The van der Waals surface area contributed by atoms with Crippen LogP contribution in [0.2, 0.25) is 0 Å². The Morgan fingerprint density at radius 3 is 0.740 bits per heavy atom.